The van der Waals surface area contributed by atoms with Crippen LogP contribution in [-0.4, -0.2) is 45.0 Å². The molecule has 0 atom stereocenters. The molecule has 0 unspecified atom stereocenters. The van der Waals surface area contributed by atoms with Crippen LogP contribution in [0.4, 0.5) is 0 Å². The molecule has 0 aromatic carbocycles. The minimum absolute atomic E-state index is 0. The van der Waals surface area contributed by atoms with E-state index in [0.717, 1.165) is 73.0 Å². The molecule has 2 aliphatic rings. The van der Waals surface area contributed by atoms with E-state index in [1.807, 2.05) is 17.1 Å². The largest absolute Gasteiger partial charge is 0.364 e. The molecule has 26 heavy (non-hydrogen) atoms. The molecule has 2 aromatic heterocycles. The molecule has 4 rings (SSSR count). The number of nitrogens with two attached hydrogens (primary N) is 1. The number of nitrogens with one attached hydrogen (secondary N) is 1. The molecular formula is C17H23ClN6OS. The first-order valence-corrected chi connectivity index (χ1v) is 9.90. The molecule has 1 aliphatic carbocycles. The summed E-state index contributed by atoms with van der Waals surface area (Å²) >= 11 is 1.52. The lowest BCUT2D eigenvalue weighted by Gasteiger charge is -2.24. The van der Waals surface area contributed by atoms with Crippen LogP contribution in [-0.2, 0) is 19.4 Å². The van der Waals surface area contributed by atoms with E-state index in [1.165, 1.54) is 11.8 Å². The van der Waals surface area contributed by atoms with Gasteiger partial charge in [-0.25, -0.2) is 9.97 Å². The first-order valence-electron chi connectivity index (χ1n) is 8.68. The Morgan fingerprint density at radius 1 is 1.38 bits per heavy atom. The molecule has 2 aromatic rings. The number of amides is 1. The van der Waals surface area contributed by atoms with Gasteiger partial charge in [0.25, 0.3) is 5.91 Å². The predicted octanol–water partition coefficient (Wildman–Crippen LogP) is 1.68. The van der Waals surface area contributed by atoms with Gasteiger partial charge in [-0.15, -0.1) is 12.4 Å². The van der Waals surface area contributed by atoms with Crippen LogP contribution in [0.3, 0.4) is 0 Å². The molecule has 3 heterocycles. The highest BCUT2D eigenvalue weighted by Gasteiger charge is 2.30. The van der Waals surface area contributed by atoms with Crippen LogP contribution in [0, 0.1) is 5.92 Å². The third-order valence-electron chi connectivity index (χ3n) is 5.07. The van der Waals surface area contributed by atoms with E-state index in [9.17, 15) is 4.79 Å². The number of nitrogens with zero attached hydrogens (tertiary/aromatic N) is 4. The zero-order valence-electron chi connectivity index (χ0n) is 14.7. The van der Waals surface area contributed by atoms with Crippen molar-refractivity contribution in [1.82, 2.24) is 25.1 Å². The topological polar surface area (TPSA) is 98.7 Å². The number of aryl methyl sites for hydroxylation is 1. The van der Waals surface area contributed by atoms with Crippen molar-refractivity contribution in [1.29, 1.82) is 0 Å². The van der Waals surface area contributed by atoms with Crippen molar-refractivity contribution in [2.45, 2.75) is 37.4 Å². The van der Waals surface area contributed by atoms with E-state index >= 15 is 0 Å². The molecule has 7 nitrogen and oxygen atoms in total. The highest BCUT2D eigenvalue weighted by molar-refractivity contribution is 7.98. The van der Waals surface area contributed by atoms with Gasteiger partial charge in [-0.05, 0) is 56.5 Å². The Balaban J connectivity index is 0.00000196. The summed E-state index contributed by atoms with van der Waals surface area (Å²) < 4.78 is 1.97. The Kier molecular flexibility index (Phi) is 5.84. The maximum atomic E-state index is 11.9. The van der Waals surface area contributed by atoms with Crippen molar-refractivity contribution < 1.29 is 4.79 Å². The fourth-order valence-electron chi connectivity index (χ4n) is 3.78. The highest BCUT2D eigenvalue weighted by Crippen LogP contribution is 2.35. The maximum Gasteiger partial charge on any atom is 0.269 e. The lowest BCUT2D eigenvalue weighted by Crippen LogP contribution is -2.30. The van der Waals surface area contributed by atoms with Crippen molar-refractivity contribution in [3.8, 4) is 11.4 Å². The van der Waals surface area contributed by atoms with Gasteiger partial charge < -0.3 is 11.1 Å². The molecule has 9 heteroatoms. The van der Waals surface area contributed by atoms with Crippen LogP contribution >= 0.6 is 24.2 Å². The Morgan fingerprint density at radius 3 is 2.85 bits per heavy atom. The molecule has 3 N–H and O–H groups in total. The number of hydrogen-bond acceptors (Lipinski definition) is 6. The molecule has 0 spiro atoms. The average molecular weight is 395 g/mol. The number of piperidine rings is 1. The van der Waals surface area contributed by atoms with Gasteiger partial charge in [0.2, 0.25) is 0 Å². The zero-order valence-corrected chi connectivity index (χ0v) is 16.3. The number of carbonyl (C=O) groups is 1. The number of carbonyl (C=O) groups excluding carboxylic acids is 1. The quantitative estimate of drug-likeness (QED) is 0.604. The summed E-state index contributed by atoms with van der Waals surface area (Å²) in [5, 5.41) is 8.72. The first-order chi connectivity index (χ1) is 12.2. The minimum Gasteiger partial charge on any atom is -0.364 e. The zero-order chi connectivity index (χ0) is 17.4. The molecule has 140 valence electrons. The highest BCUT2D eigenvalue weighted by atomic mass is 35.5. The Bertz CT molecular complexity index is 818. The van der Waals surface area contributed by atoms with Gasteiger partial charge in [0.05, 0.1) is 11.4 Å². The molecule has 1 aliphatic heterocycles. The normalized spacial score (nSPS) is 16.5. The number of halogens is 1. The maximum absolute atomic E-state index is 11.9. The Labute approximate surface area is 163 Å². The fraction of sp³-hybridized carbons (Fsp3) is 0.529. The van der Waals surface area contributed by atoms with Crippen molar-refractivity contribution in [2.24, 2.45) is 11.7 Å². The Hall–Kier alpha value is -1.64. The number of fused-ring (bicyclic) bond motifs is 3. The number of hydrogen-bond donors (Lipinski definition) is 2. The molecule has 0 saturated carbocycles. The Morgan fingerprint density at radius 2 is 2.15 bits per heavy atom. The molecule has 0 radical (unpaired) electrons. The molecule has 1 fully saturated rings. The van der Waals surface area contributed by atoms with Gasteiger partial charge in [-0.2, -0.15) is 5.10 Å². The molecule has 1 saturated heterocycles. The van der Waals surface area contributed by atoms with Gasteiger partial charge in [-0.1, -0.05) is 11.8 Å². The van der Waals surface area contributed by atoms with Gasteiger partial charge in [0.1, 0.15) is 0 Å². The van der Waals surface area contributed by atoms with Gasteiger partial charge in [0.15, 0.2) is 10.9 Å². The molecule has 1 amide bonds. The monoisotopic (exact) mass is 394 g/mol. The average Bonchev–Trinajstić information content (AvgIpc) is 3.01. The third-order valence-corrected chi connectivity index (χ3v) is 5.63. The summed E-state index contributed by atoms with van der Waals surface area (Å²) in [6.45, 7) is 2.87. The third kappa shape index (κ3) is 3.45. The van der Waals surface area contributed by atoms with E-state index in [0.29, 0.717) is 11.6 Å². The van der Waals surface area contributed by atoms with Crippen molar-refractivity contribution in [3.63, 3.8) is 0 Å². The van der Waals surface area contributed by atoms with Crippen molar-refractivity contribution >= 4 is 30.1 Å². The summed E-state index contributed by atoms with van der Waals surface area (Å²) in [5.74, 6) is 0.0983. The SMILES string of the molecule is CSc1ncc2c(n1)-c1c(c(C(N)=O)nn1CC1CCNCC1)CC2.Cl. The van der Waals surface area contributed by atoms with Crippen LogP contribution in [0.25, 0.3) is 11.4 Å². The summed E-state index contributed by atoms with van der Waals surface area (Å²) in [6.07, 6.45) is 7.68. The summed E-state index contributed by atoms with van der Waals surface area (Å²) in [7, 11) is 0. The summed E-state index contributed by atoms with van der Waals surface area (Å²) in [6, 6.07) is 0. The van der Waals surface area contributed by atoms with Gasteiger partial charge >= 0.3 is 0 Å². The number of rotatable bonds is 4. The minimum atomic E-state index is -0.456. The van der Waals surface area contributed by atoms with Gasteiger partial charge in [-0.3, -0.25) is 9.48 Å². The van der Waals surface area contributed by atoms with E-state index in [-0.39, 0.29) is 12.4 Å². The molecular weight excluding hydrogens is 372 g/mol. The lowest BCUT2D eigenvalue weighted by molar-refractivity contribution is 0.0993. The van der Waals surface area contributed by atoms with E-state index in [2.05, 4.69) is 15.4 Å². The van der Waals surface area contributed by atoms with Crippen molar-refractivity contribution in [3.05, 3.63) is 23.0 Å². The van der Waals surface area contributed by atoms with Crippen molar-refractivity contribution in [2.75, 3.05) is 19.3 Å². The van der Waals surface area contributed by atoms with Gasteiger partial charge in [0, 0.05) is 18.3 Å². The van der Waals surface area contributed by atoms with Crippen LogP contribution in [0.1, 0.15) is 34.5 Å². The number of thioether (sulfide) groups is 1. The van der Waals surface area contributed by atoms with Crippen LogP contribution in [0.5, 0.6) is 0 Å². The molecule has 0 bridgehead atoms. The van der Waals surface area contributed by atoms with Crippen LogP contribution in [0.2, 0.25) is 0 Å². The lowest BCUT2D eigenvalue weighted by atomic mass is 9.92. The summed E-state index contributed by atoms with van der Waals surface area (Å²) in [5.41, 5.74) is 9.94. The van der Waals surface area contributed by atoms with Crippen LogP contribution in [0.15, 0.2) is 11.4 Å². The van der Waals surface area contributed by atoms with E-state index < -0.39 is 5.91 Å². The predicted molar refractivity (Wildman–Crippen MR) is 104 cm³/mol. The second-order valence-electron chi connectivity index (χ2n) is 6.65. The fourth-order valence-corrected chi connectivity index (χ4v) is 4.12. The number of primary amides is 1. The van der Waals surface area contributed by atoms with E-state index in [1.54, 1.807) is 0 Å². The van der Waals surface area contributed by atoms with Crippen LogP contribution < -0.4 is 11.1 Å². The second kappa shape index (κ2) is 7.94. The first kappa shape index (κ1) is 19.1. The number of aromatic nitrogens is 4. The standard InChI is InChI=1S/C17H22N6OS.ClH/c1-25-17-20-8-11-2-3-12-14(16(18)24)22-23(15(12)13(11)21-17)9-10-4-6-19-7-5-10;/h8,10,19H,2-7,9H2,1H3,(H2,18,24);1H. The second-order valence-corrected chi connectivity index (χ2v) is 7.42. The summed E-state index contributed by atoms with van der Waals surface area (Å²) in [4.78, 5) is 21.0. The van der Waals surface area contributed by atoms with E-state index in [4.69, 9.17) is 10.7 Å². The smallest absolute Gasteiger partial charge is 0.269 e.